The molecule has 1 aromatic heterocycles. The summed E-state index contributed by atoms with van der Waals surface area (Å²) in [5.74, 6) is 0.997. The van der Waals surface area contributed by atoms with Crippen LogP contribution in [-0.4, -0.2) is 22.9 Å². The Morgan fingerprint density at radius 1 is 0.750 bits per heavy atom. The molecule has 0 aliphatic rings. The number of unbranched alkanes of at least 4 members (excludes halogenated alkanes) is 9. The zero-order valence-electron chi connectivity index (χ0n) is 20.5. The number of aromatic hydroxyl groups is 1. The maximum Gasteiger partial charge on any atom is 0.297 e. The van der Waals surface area contributed by atoms with E-state index in [9.17, 15) is 9.90 Å². The van der Waals surface area contributed by atoms with E-state index < -0.39 is 0 Å². The summed E-state index contributed by atoms with van der Waals surface area (Å²) in [7, 11) is 0. The van der Waals surface area contributed by atoms with E-state index in [4.69, 9.17) is 9.47 Å². The molecule has 32 heavy (non-hydrogen) atoms. The molecule has 0 radical (unpaired) electrons. The molecule has 2 rings (SSSR count). The van der Waals surface area contributed by atoms with E-state index in [1.807, 2.05) is 6.07 Å². The number of pyridine rings is 1. The van der Waals surface area contributed by atoms with Crippen LogP contribution in [0, 0.1) is 0 Å². The van der Waals surface area contributed by atoms with Crippen molar-refractivity contribution in [2.45, 2.75) is 104 Å². The summed E-state index contributed by atoms with van der Waals surface area (Å²) in [6, 6.07) is 5.16. The molecule has 1 heterocycles. The van der Waals surface area contributed by atoms with Gasteiger partial charge in [0.15, 0.2) is 5.75 Å². The Morgan fingerprint density at radius 2 is 1.34 bits per heavy atom. The number of hydrogen-bond donors (Lipinski definition) is 1. The van der Waals surface area contributed by atoms with Crippen LogP contribution in [0.1, 0.15) is 97.8 Å². The molecule has 0 atom stereocenters. The van der Waals surface area contributed by atoms with E-state index in [1.165, 1.54) is 25.7 Å². The summed E-state index contributed by atoms with van der Waals surface area (Å²) in [5, 5.41) is 10.9. The molecule has 1 aromatic carbocycles. The van der Waals surface area contributed by atoms with Crippen molar-refractivity contribution in [1.82, 2.24) is 4.57 Å². The van der Waals surface area contributed by atoms with Crippen molar-refractivity contribution in [3.05, 3.63) is 28.6 Å². The smallest absolute Gasteiger partial charge is 0.297 e. The Balaban J connectivity index is 2.32. The van der Waals surface area contributed by atoms with Gasteiger partial charge in [-0.25, -0.2) is 0 Å². The van der Waals surface area contributed by atoms with E-state index in [1.54, 1.807) is 16.7 Å². The van der Waals surface area contributed by atoms with Crippen molar-refractivity contribution in [2.24, 2.45) is 0 Å². The largest absolute Gasteiger partial charge is 0.508 e. The molecule has 0 bridgehead atoms. The first kappa shape index (κ1) is 26.1. The molecule has 0 saturated carbocycles. The number of ether oxygens (including phenoxy) is 2. The minimum atomic E-state index is -0.155. The summed E-state index contributed by atoms with van der Waals surface area (Å²) >= 11 is 0. The van der Waals surface area contributed by atoms with Crippen LogP contribution in [0.4, 0.5) is 0 Å². The highest BCUT2D eigenvalue weighted by atomic mass is 16.5. The van der Waals surface area contributed by atoms with Gasteiger partial charge in [-0.05, 0) is 31.4 Å². The summed E-state index contributed by atoms with van der Waals surface area (Å²) < 4.78 is 13.9. The second-order valence-corrected chi connectivity index (χ2v) is 8.70. The molecular formula is C27H43NO4. The van der Waals surface area contributed by atoms with E-state index in [-0.39, 0.29) is 11.3 Å². The summed E-state index contributed by atoms with van der Waals surface area (Å²) in [6.45, 7) is 8.18. The number of fused-ring (bicyclic) bond motifs is 1. The van der Waals surface area contributed by atoms with Gasteiger partial charge in [-0.15, -0.1) is 0 Å². The predicted molar refractivity (Wildman–Crippen MR) is 133 cm³/mol. The number of rotatable bonds is 17. The first-order chi connectivity index (χ1) is 15.6. The number of hydrogen-bond acceptors (Lipinski definition) is 4. The zero-order valence-corrected chi connectivity index (χ0v) is 20.5. The van der Waals surface area contributed by atoms with Crippen LogP contribution in [0.2, 0.25) is 0 Å². The van der Waals surface area contributed by atoms with Crippen LogP contribution in [-0.2, 0) is 6.54 Å². The number of phenolic OH excluding ortho intramolecular Hbond substituents is 1. The van der Waals surface area contributed by atoms with Crippen molar-refractivity contribution in [3.8, 4) is 17.2 Å². The van der Waals surface area contributed by atoms with Gasteiger partial charge in [0.05, 0.1) is 18.7 Å². The third-order valence-corrected chi connectivity index (χ3v) is 5.89. The molecule has 0 aliphatic carbocycles. The van der Waals surface area contributed by atoms with Gasteiger partial charge in [-0.2, -0.15) is 0 Å². The van der Waals surface area contributed by atoms with Crippen LogP contribution in [0.25, 0.3) is 10.9 Å². The molecule has 0 aliphatic heterocycles. The highest BCUT2D eigenvalue weighted by Gasteiger charge is 2.20. The fraction of sp³-hybridized carbons (Fsp3) is 0.667. The third-order valence-electron chi connectivity index (χ3n) is 5.89. The fourth-order valence-electron chi connectivity index (χ4n) is 3.95. The third kappa shape index (κ3) is 7.75. The number of aromatic nitrogens is 1. The number of nitrogens with zero attached hydrogens (tertiary/aromatic N) is 1. The monoisotopic (exact) mass is 445 g/mol. The van der Waals surface area contributed by atoms with E-state index >= 15 is 0 Å². The van der Waals surface area contributed by atoms with Gasteiger partial charge in [-0.1, -0.05) is 78.6 Å². The molecule has 5 nitrogen and oxygen atoms in total. The summed E-state index contributed by atoms with van der Waals surface area (Å²) in [6.07, 6.45) is 13.2. The number of benzene rings is 1. The number of phenols is 1. The molecule has 2 aromatic rings. The fourth-order valence-corrected chi connectivity index (χ4v) is 3.95. The Kier molecular flexibility index (Phi) is 12.1. The van der Waals surface area contributed by atoms with Gasteiger partial charge in [0.1, 0.15) is 5.75 Å². The van der Waals surface area contributed by atoms with Crippen LogP contribution in [0.5, 0.6) is 17.2 Å². The molecule has 0 amide bonds. The van der Waals surface area contributed by atoms with Gasteiger partial charge in [-0.3, -0.25) is 4.79 Å². The molecule has 0 fully saturated rings. The van der Waals surface area contributed by atoms with Crippen LogP contribution in [0.3, 0.4) is 0 Å². The Bertz CT molecular complexity index is 859. The lowest BCUT2D eigenvalue weighted by Gasteiger charge is -2.19. The first-order valence-corrected chi connectivity index (χ1v) is 12.8. The minimum absolute atomic E-state index is 0.152. The zero-order chi connectivity index (χ0) is 23.2. The van der Waals surface area contributed by atoms with Gasteiger partial charge in [0.2, 0.25) is 5.75 Å². The summed E-state index contributed by atoms with van der Waals surface area (Å²) in [5.41, 5.74) is 0.557. The Hall–Kier alpha value is -2.17. The second-order valence-electron chi connectivity index (χ2n) is 8.70. The van der Waals surface area contributed by atoms with Gasteiger partial charge in [0.25, 0.3) is 5.56 Å². The standard InChI is InChI=1S/C27H43NO4/c1-4-7-10-12-13-15-20-32-26-25(31-19-9-6-3)23-17-16-22(29)21-24(23)28(27(26)30)18-14-11-8-5-2/h16-17,21,29H,4-15,18-20H2,1-3H3. The van der Waals surface area contributed by atoms with E-state index in [0.717, 1.165) is 56.8 Å². The lowest BCUT2D eigenvalue weighted by Crippen LogP contribution is -2.24. The Morgan fingerprint density at radius 3 is 2.06 bits per heavy atom. The molecular weight excluding hydrogens is 402 g/mol. The SMILES string of the molecule is CCCCCCCCOc1c(OCCCC)c2ccc(O)cc2n(CCCCCC)c1=O. The van der Waals surface area contributed by atoms with Gasteiger partial charge < -0.3 is 19.1 Å². The van der Waals surface area contributed by atoms with Gasteiger partial charge >= 0.3 is 0 Å². The molecule has 5 heteroatoms. The highest BCUT2D eigenvalue weighted by molar-refractivity contribution is 5.89. The topological polar surface area (TPSA) is 60.7 Å². The van der Waals surface area contributed by atoms with Crippen molar-refractivity contribution >= 4 is 10.9 Å². The predicted octanol–water partition coefficient (Wildman–Crippen LogP) is 7.21. The maximum atomic E-state index is 13.5. The van der Waals surface area contributed by atoms with Crippen LogP contribution < -0.4 is 15.0 Å². The molecule has 180 valence electrons. The maximum absolute atomic E-state index is 13.5. The van der Waals surface area contributed by atoms with Crippen molar-refractivity contribution < 1.29 is 14.6 Å². The lowest BCUT2D eigenvalue weighted by atomic mass is 10.1. The van der Waals surface area contributed by atoms with E-state index in [2.05, 4.69) is 20.8 Å². The minimum Gasteiger partial charge on any atom is -0.508 e. The second kappa shape index (κ2) is 14.8. The lowest BCUT2D eigenvalue weighted by molar-refractivity contribution is 0.257. The molecule has 0 unspecified atom stereocenters. The highest BCUT2D eigenvalue weighted by Crippen LogP contribution is 2.35. The normalized spacial score (nSPS) is 11.2. The quantitative estimate of drug-likeness (QED) is 0.261. The van der Waals surface area contributed by atoms with Gasteiger partial charge in [0, 0.05) is 18.0 Å². The number of aryl methyl sites for hydroxylation is 1. The first-order valence-electron chi connectivity index (χ1n) is 12.8. The average Bonchev–Trinajstić information content (AvgIpc) is 2.79. The van der Waals surface area contributed by atoms with Crippen molar-refractivity contribution in [3.63, 3.8) is 0 Å². The summed E-state index contributed by atoms with van der Waals surface area (Å²) in [4.78, 5) is 13.5. The Labute approximate surface area is 193 Å². The molecule has 0 spiro atoms. The molecule has 0 saturated heterocycles. The average molecular weight is 446 g/mol. The van der Waals surface area contributed by atoms with Crippen LogP contribution >= 0.6 is 0 Å². The van der Waals surface area contributed by atoms with Crippen LogP contribution in [0.15, 0.2) is 23.0 Å². The van der Waals surface area contributed by atoms with E-state index in [0.29, 0.717) is 36.8 Å². The van der Waals surface area contributed by atoms with Crippen molar-refractivity contribution in [1.29, 1.82) is 0 Å². The van der Waals surface area contributed by atoms with Crippen molar-refractivity contribution in [2.75, 3.05) is 13.2 Å². The molecule has 1 N–H and O–H groups in total.